The third-order valence-corrected chi connectivity index (χ3v) is 5.03. The molecule has 1 rings (SSSR count). The SMILES string of the molecule is COCCCN(C)S(=O)(=O)c1cc(F)c(Cl)c(CO)c1. The van der Waals surface area contributed by atoms with Crippen LogP contribution in [0.3, 0.4) is 0 Å². The fourth-order valence-electron chi connectivity index (χ4n) is 1.61. The molecule has 0 atom stereocenters. The van der Waals surface area contributed by atoms with Gasteiger partial charge in [0, 0.05) is 32.9 Å². The Bertz CT molecular complexity index is 565. The number of benzene rings is 1. The van der Waals surface area contributed by atoms with Crippen molar-refractivity contribution in [2.24, 2.45) is 0 Å². The molecule has 0 spiro atoms. The molecule has 20 heavy (non-hydrogen) atoms. The van der Waals surface area contributed by atoms with E-state index in [0.29, 0.717) is 13.0 Å². The summed E-state index contributed by atoms with van der Waals surface area (Å²) < 4.78 is 44.0. The molecule has 1 N–H and O–H groups in total. The van der Waals surface area contributed by atoms with Gasteiger partial charge in [0.2, 0.25) is 10.0 Å². The second kappa shape index (κ2) is 7.33. The zero-order valence-corrected chi connectivity index (χ0v) is 12.8. The van der Waals surface area contributed by atoms with Crippen molar-refractivity contribution < 1.29 is 22.7 Å². The summed E-state index contributed by atoms with van der Waals surface area (Å²) in [6.45, 7) is 0.137. The van der Waals surface area contributed by atoms with E-state index >= 15 is 0 Å². The first kappa shape index (κ1) is 17.3. The Hall–Kier alpha value is -0.730. The normalized spacial score (nSPS) is 12.1. The van der Waals surface area contributed by atoms with E-state index in [4.69, 9.17) is 21.4 Å². The van der Waals surface area contributed by atoms with E-state index in [0.717, 1.165) is 10.4 Å². The molecule has 0 amide bonds. The Kier molecular flexibility index (Phi) is 6.35. The summed E-state index contributed by atoms with van der Waals surface area (Å²) in [6.07, 6.45) is 0.523. The van der Waals surface area contributed by atoms with E-state index in [1.807, 2.05) is 0 Å². The molecule has 0 radical (unpaired) electrons. The Morgan fingerprint density at radius 1 is 1.45 bits per heavy atom. The van der Waals surface area contributed by atoms with E-state index in [1.165, 1.54) is 20.2 Å². The molecule has 0 aliphatic heterocycles. The third-order valence-electron chi connectivity index (χ3n) is 2.78. The van der Waals surface area contributed by atoms with Crippen LogP contribution in [0.25, 0.3) is 0 Å². The summed E-state index contributed by atoms with van der Waals surface area (Å²) in [5.41, 5.74) is 0.0375. The van der Waals surface area contributed by atoms with Crippen molar-refractivity contribution in [2.45, 2.75) is 17.9 Å². The number of aliphatic hydroxyl groups excluding tert-OH is 1. The molecule has 5 nitrogen and oxygen atoms in total. The van der Waals surface area contributed by atoms with E-state index in [-0.39, 0.29) is 22.0 Å². The number of ether oxygens (including phenoxy) is 1. The zero-order valence-electron chi connectivity index (χ0n) is 11.3. The largest absolute Gasteiger partial charge is 0.392 e. The van der Waals surface area contributed by atoms with Crippen molar-refractivity contribution in [3.8, 4) is 0 Å². The molecular weight excluding hydrogens is 309 g/mol. The summed E-state index contributed by atoms with van der Waals surface area (Å²) in [6, 6.07) is 2.03. The van der Waals surface area contributed by atoms with Crippen molar-refractivity contribution in [3.63, 3.8) is 0 Å². The van der Waals surface area contributed by atoms with Gasteiger partial charge in [-0.3, -0.25) is 0 Å². The van der Waals surface area contributed by atoms with Crippen LogP contribution in [-0.4, -0.2) is 45.1 Å². The van der Waals surface area contributed by atoms with Crippen molar-refractivity contribution in [1.29, 1.82) is 0 Å². The van der Waals surface area contributed by atoms with E-state index in [2.05, 4.69) is 0 Å². The van der Waals surface area contributed by atoms with Gasteiger partial charge in [-0.1, -0.05) is 11.6 Å². The van der Waals surface area contributed by atoms with Gasteiger partial charge in [0.05, 0.1) is 16.5 Å². The molecule has 1 aromatic carbocycles. The highest BCUT2D eigenvalue weighted by Crippen LogP contribution is 2.26. The van der Waals surface area contributed by atoms with Gasteiger partial charge >= 0.3 is 0 Å². The predicted octanol–water partition coefficient (Wildman–Crippen LogP) is 1.63. The third kappa shape index (κ3) is 3.89. The molecule has 1 aromatic rings. The first-order valence-corrected chi connectivity index (χ1v) is 7.70. The average molecular weight is 326 g/mol. The molecule has 0 aliphatic rings. The zero-order chi connectivity index (χ0) is 15.3. The molecule has 0 saturated heterocycles. The number of aliphatic hydroxyl groups is 1. The highest BCUT2D eigenvalue weighted by molar-refractivity contribution is 7.89. The van der Waals surface area contributed by atoms with Crippen LogP contribution < -0.4 is 0 Å². The number of rotatable bonds is 7. The molecule has 0 heterocycles. The molecule has 0 bridgehead atoms. The van der Waals surface area contributed by atoms with Gasteiger partial charge in [0.1, 0.15) is 5.82 Å². The van der Waals surface area contributed by atoms with Crippen LogP contribution in [0.4, 0.5) is 4.39 Å². The maximum Gasteiger partial charge on any atom is 0.242 e. The minimum Gasteiger partial charge on any atom is -0.392 e. The minimum absolute atomic E-state index is 0.0375. The molecule has 0 unspecified atom stereocenters. The van der Waals surface area contributed by atoms with Gasteiger partial charge in [0.25, 0.3) is 0 Å². The van der Waals surface area contributed by atoms with Crippen LogP contribution >= 0.6 is 11.6 Å². The maximum atomic E-state index is 13.6. The Labute approximate surface area is 123 Å². The van der Waals surface area contributed by atoms with Gasteiger partial charge in [-0.15, -0.1) is 0 Å². The van der Waals surface area contributed by atoms with Gasteiger partial charge in [0.15, 0.2) is 0 Å². The van der Waals surface area contributed by atoms with Crippen molar-refractivity contribution in [3.05, 3.63) is 28.5 Å². The van der Waals surface area contributed by atoms with Crippen LogP contribution in [0.15, 0.2) is 17.0 Å². The Morgan fingerprint density at radius 3 is 2.65 bits per heavy atom. The molecule has 0 saturated carbocycles. The van der Waals surface area contributed by atoms with E-state index in [1.54, 1.807) is 0 Å². The predicted molar refractivity (Wildman–Crippen MR) is 73.6 cm³/mol. The second-order valence-electron chi connectivity index (χ2n) is 4.21. The molecule has 0 aliphatic carbocycles. The minimum atomic E-state index is -3.82. The lowest BCUT2D eigenvalue weighted by Gasteiger charge is -2.18. The van der Waals surface area contributed by atoms with E-state index in [9.17, 15) is 12.8 Å². The molecule has 114 valence electrons. The smallest absolute Gasteiger partial charge is 0.242 e. The quantitative estimate of drug-likeness (QED) is 0.774. The number of hydrogen-bond acceptors (Lipinski definition) is 4. The lowest BCUT2D eigenvalue weighted by atomic mass is 10.2. The van der Waals surface area contributed by atoms with Gasteiger partial charge in [-0.25, -0.2) is 17.1 Å². The monoisotopic (exact) mass is 325 g/mol. The van der Waals surface area contributed by atoms with Crippen LogP contribution in [0, 0.1) is 5.82 Å². The van der Waals surface area contributed by atoms with Crippen molar-refractivity contribution >= 4 is 21.6 Å². The van der Waals surface area contributed by atoms with Crippen molar-refractivity contribution in [1.82, 2.24) is 4.31 Å². The first-order chi connectivity index (χ1) is 9.34. The Balaban J connectivity index is 3.06. The topological polar surface area (TPSA) is 66.8 Å². The Morgan fingerprint density at radius 2 is 2.10 bits per heavy atom. The number of methoxy groups -OCH3 is 1. The summed E-state index contributed by atoms with van der Waals surface area (Å²) in [5, 5.41) is 8.80. The van der Waals surface area contributed by atoms with Crippen LogP contribution in [0.5, 0.6) is 0 Å². The molecular formula is C12H17ClFNO4S. The first-order valence-electron chi connectivity index (χ1n) is 5.88. The number of nitrogens with zero attached hydrogens (tertiary/aromatic N) is 1. The highest BCUT2D eigenvalue weighted by atomic mass is 35.5. The summed E-state index contributed by atoms with van der Waals surface area (Å²) >= 11 is 5.64. The lowest BCUT2D eigenvalue weighted by Crippen LogP contribution is -2.28. The van der Waals surface area contributed by atoms with Gasteiger partial charge < -0.3 is 9.84 Å². The summed E-state index contributed by atoms with van der Waals surface area (Å²) in [4.78, 5) is -0.233. The molecule has 0 fully saturated rings. The fraction of sp³-hybridized carbons (Fsp3) is 0.500. The number of sulfonamides is 1. The average Bonchev–Trinajstić information content (AvgIpc) is 2.41. The fourth-order valence-corrected chi connectivity index (χ4v) is 3.06. The standard InChI is InChI=1S/C12H17ClFNO4S/c1-15(4-3-5-19-2)20(17,18)10-6-9(8-16)12(13)11(14)7-10/h6-7,16H,3-5,8H2,1-2H3. The molecule has 0 aromatic heterocycles. The maximum absolute atomic E-state index is 13.6. The highest BCUT2D eigenvalue weighted by Gasteiger charge is 2.23. The summed E-state index contributed by atoms with van der Waals surface area (Å²) in [7, 11) is -0.900. The second-order valence-corrected chi connectivity index (χ2v) is 6.63. The molecule has 8 heteroatoms. The van der Waals surface area contributed by atoms with Crippen LogP contribution in [-0.2, 0) is 21.4 Å². The number of hydrogen-bond donors (Lipinski definition) is 1. The summed E-state index contributed by atoms with van der Waals surface area (Å²) in [5.74, 6) is -0.873. The lowest BCUT2D eigenvalue weighted by molar-refractivity contribution is 0.189. The van der Waals surface area contributed by atoms with Crippen LogP contribution in [0.2, 0.25) is 5.02 Å². The van der Waals surface area contributed by atoms with Gasteiger partial charge in [-0.05, 0) is 18.6 Å². The van der Waals surface area contributed by atoms with Gasteiger partial charge in [-0.2, -0.15) is 0 Å². The van der Waals surface area contributed by atoms with Crippen LogP contribution in [0.1, 0.15) is 12.0 Å². The van der Waals surface area contributed by atoms with E-state index < -0.39 is 22.4 Å². The number of halogens is 2. The van der Waals surface area contributed by atoms with Crippen molar-refractivity contribution in [2.75, 3.05) is 27.3 Å².